The summed E-state index contributed by atoms with van der Waals surface area (Å²) in [5.41, 5.74) is 0. The molecule has 1 aromatic heterocycles. The highest BCUT2D eigenvalue weighted by atomic mass is 32.2. The van der Waals surface area contributed by atoms with E-state index in [2.05, 4.69) is 20.6 Å². The number of tetrazole rings is 1. The number of H-pyrrole nitrogens is 1. The molecule has 6 heteroatoms. The van der Waals surface area contributed by atoms with Crippen LogP contribution >= 0.6 is 11.8 Å². The number of nitrogens with one attached hydrogen (secondary N) is 1. The summed E-state index contributed by atoms with van der Waals surface area (Å²) in [6.07, 6.45) is 0. The Morgan fingerprint density at radius 2 is 2.62 bits per heavy atom. The van der Waals surface area contributed by atoms with Crippen molar-refractivity contribution in [1.29, 1.82) is 5.26 Å². The van der Waals surface area contributed by atoms with Crippen molar-refractivity contribution in [3.8, 4) is 5.40 Å². The Morgan fingerprint density at radius 3 is 3.12 bits per heavy atom. The monoisotopic (exact) mass is 127 g/mol. The maximum Gasteiger partial charge on any atom is 0.221 e. The second kappa shape index (κ2) is 2.28. The fraction of sp³-hybridized carbons (Fsp3) is 0. The molecule has 0 saturated heterocycles. The first-order valence-electron chi connectivity index (χ1n) is 1.73. The van der Waals surface area contributed by atoms with Crippen molar-refractivity contribution in [1.82, 2.24) is 20.6 Å². The summed E-state index contributed by atoms with van der Waals surface area (Å²) in [7, 11) is 0. The Hall–Kier alpha value is -1.09. The van der Waals surface area contributed by atoms with Crippen LogP contribution in [0.3, 0.4) is 0 Å². The van der Waals surface area contributed by atoms with Crippen LogP contribution < -0.4 is 0 Å². The highest BCUT2D eigenvalue weighted by molar-refractivity contribution is 8.03. The summed E-state index contributed by atoms with van der Waals surface area (Å²) in [6, 6.07) is 0. The molecular formula is C2HN5S. The second-order valence-corrected chi connectivity index (χ2v) is 1.67. The second-order valence-electron chi connectivity index (χ2n) is 0.900. The molecule has 5 nitrogen and oxygen atoms in total. The molecule has 0 aliphatic heterocycles. The number of hydrogen-bond acceptors (Lipinski definition) is 5. The Balaban J connectivity index is 2.67. The molecule has 0 aliphatic rings. The number of nitrogens with zero attached hydrogens (tertiary/aromatic N) is 4. The van der Waals surface area contributed by atoms with Gasteiger partial charge in [-0.3, -0.25) is 0 Å². The average Bonchev–Trinajstić information content (AvgIpc) is 2.19. The summed E-state index contributed by atoms with van der Waals surface area (Å²) in [5, 5.41) is 22.6. The normalized spacial score (nSPS) is 8.38. The molecule has 1 N–H and O–H groups in total. The van der Waals surface area contributed by atoms with Gasteiger partial charge in [-0.2, -0.15) is 5.26 Å². The number of rotatable bonds is 1. The number of aromatic nitrogens is 4. The number of nitriles is 1. The third-order valence-corrected chi connectivity index (χ3v) is 0.926. The van der Waals surface area contributed by atoms with Crippen molar-refractivity contribution < 1.29 is 0 Å². The van der Waals surface area contributed by atoms with E-state index < -0.39 is 0 Å². The van der Waals surface area contributed by atoms with E-state index in [0.717, 1.165) is 11.8 Å². The zero-order valence-corrected chi connectivity index (χ0v) is 4.51. The predicted octanol–water partition coefficient (Wildman–Crippen LogP) is -0.227. The summed E-state index contributed by atoms with van der Waals surface area (Å²) in [5.74, 6) is 0. The predicted molar refractivity (Wildman–Crippen MR) is 25.6 cm³/mol. The van der Waals surface area contributed by atoms with E-state index in [-0.39, 0.29) is 0 Å². The molecule has 0 aliphatic carbocycles. The van der Waals surface area contributed by atoms with Crippen molar-refractivity contribution in [2.45, 2.75) is 5.16 Å². The smallest absolute Gasteiger partial charge is 0.221 e. The lowest BCUT2D eigenvalue weighted by atomic mass is 11.4. The molecule has 0 amide bonds. The third kappa shape index (κ3) is 0.946. The molecule has 0 bridgehead atoms. The van der Waals surface area contributed by atoms with Gasteiger partial charge in [-0.15, -0.1) is 5.10 Å². The topological polar surface area (TPSA) is 78.2 Å². The fourth-order valence-corrected chi connectivity index (χ4v) is 0.487. The molecule has 8 heavy (non-hydrogen) atoms. The third-order valence-electron chi connectivity index (χ3n) is 0.468. The van der Waals surface area contributed by atoms with Gasteiger partial charge in [0.25, 0.3) is 0 Å². The van der Waals surface area contributed by atoms with Crippen molar-refractivity contribution in [2.75, 3.05) is 0 Å². The summed E-state index contributed by atoms with van der Waals surface area (Å²) >= 11 is 0.896. The van der Waals surface area contributed by atoms with Crippen molar-refractivity contribution >= 4 is 11.8 Å². The molecule has 40 valence electrons. The SMILES string of the molecule is N#CSc1nnn[nH]1. The van der Waals surface area contributed by atoms with Crippen LogP contribution in [0.5, 0.6) is 0 Å². The van der Waals surface area contributed by atoms with E-state index in [0.29, 0.717) is 5.16 Å². The quantitative estimate of drug-likeness (QED) is 0.416. The summed E-state index contributed by atoms with van der Waals surface area (Å²) in [6.45, 7) is 0. The van der Waals surface area contributed by atoms with E-state index >= 15 is 0 Å². The lowest BCUT2D eigenvalue weighted by Crippen LogP contribution is -1.68. The zero-order chi connectivity index (χ0) is 5.82. The molecule has 0 radical (unpaired) electrons. The minimum atomic E-state index is 0.424. The standard InChI is InChI=1S/C2HN5S/c3-1-8-2-4-6-7-5-2/h(H,4,5,6,7). The Morgan fingerprint density at radius 1 is 1.75 bits per heavy atom. The van der Waals surface area contributed by atoms with Gasteiger partial charge in [0.15, 0.2) is 0 Å². The van der Waals surface area contributed by atoms with E-state index in [1.54, 1.807) is 0 Å². The largest absolute Gasteiger partial charge is 0.233 e. The van der Waals surface area contributed by atoms with Crippen LogP contribution in [0.2, 0.25) is 0 Å². The highest BCUT2D eigenvalue weighted by Gasteiger charge is 1.92. The number of hydrogen-bond donors (Lipinski definition) is 1. The maximum atomic E-state index is 8.04. The first kappa shape index (κ1) is 5.05. The molecule has 1 heterocycles. The van der Waals surface area contributed by atoms with Gasteiger partial charge in [-0.05, 0) is 10.4 Å². The number of aromatic amines is 1. The summed E-state index contributed by atoms with van der Waals surface area (Å²) in [4.78, 5) is 0. The molecular weight excluding hydrogens is 126 g/mol. The van der Waals surface area contributed by atoms with Crippen LogP contribution in [0.4, 0.5) is 0 Å². The Labute approximate surface area is 49.1 Å². The van der Waals surface area contributed by atoms with E-state index in [1.807, 2.05) is 5.40 Å². The minimum absolute atomic E-state index is 0.424. The molecule has 0 saturated carbocycles. The van der Waals surface area contributed by atoms with E-state index in [9.17, 15) is 0 Å². The molecule has 0 aromatic carbocycles. The van der Waals surface area contributed by atoms with Crippen LogP contribution in [-0.2, 0) is 0 Å². The van der Waals surface area contributed by atoms with Gasteiger partial charge in [-0.25, -0.2) is 5.10 Å². The number of thiocyanates is 1. The number of thioether (sulfide) groups is 1. The Bertz CT molecular complexity index is 185. The molecule has 0 fully saturated rings. The van der Waals surface area contributed by atoms with Crippen LogP contribution in [0.15, 0.2) is 5.16 Å². The Kier molecular flexibility index (Phi) is 1.44. The maximum absolute atomic E-state index is 8.04. The zero-order valence-electron chi connectivity index (χ0n) is 3.70. The highest BCUT2D eigenvalue weighted by Crippen LogP contribution is 2.04. The van der Waals surface area contributed by atoms with E-state index in [1.165, 1.54) is 0 Å². The molecule has 1 aromatic rings. The van der Waals surface area contributed by atoms with Gasteiger partial charge in [0.2, 0.25) is 5.16 Å². The van der Waals surface area contributed by atoms with Crippen molar-refractivity contribution in [3.63, 3.8) is 0 Å². The van der Waals surface area contributed by atoms with Gasteiger partial charge in [0.05, 0.1) is 0 Å². The van der Waals surface area contributed by atoms with Crippen molar-refractivity contribution in [2.24, 2.45) is 0 Å². The van der Waals surface area contributed by atoms with Crippen LogP contribution in [0.1, 0.15) is 0 Å². The fourth-order valence-electron chi connectivity index (χ4n) is 0.237. The lowest BCUT2D eigenvalue weighted by molar-refractivity contribution is 0.881. The van der Waals surface area contributed by atoms with Gasteiger partial charge in [0.1, 0.15) is 5.40 Å². The van der Waals surface area contributed by atoms with E-state index in [4.69, 9.17) is 5.26 Å². The van der Waals surface area contributed by atoms with Crippen LogP contribution in [-0.4, -0.2) is 20.6 Å². The summed E-state index contributed by atoms with van der Waals surface area (Å²) < 4.78 is 0. The van der Waals surface area contributed by atoms with Gasteiger partial charge in [-0.1, -0.05) is 0 Å². The van der Waals surface area contributed by atoms with Crippen molar-refractivity contribution in [3.05, 3.63) is 0 Å². The first-order valence-corrected chi connectivity index (χ1v) is 2.55. The minimum Gasteiger partial charge on any atom is -0.233 e. The first-order chi connectivity index (χ1) is 3.93. The van der Waals surface area contributed by atoms with Gasteiger partial charge >= 0.3 is 0 Å². The van der Waals surface area contributed by atoms with Gasteiger partial charge in [0, 0.05) is 11.8 Å². The molecule has 0 unspecified atom stereocenters. The van der Waals surface area contributed by atoms with Crippen LogP contribution in [0, 0.1) is 10.7 Å². The average molecular weight is 127 g/mol. The van der Waals surface area contributed by atoms with Crippen LogP contribution in [0.25, 0.3) is 0 Å². The molecule has 0 spiro atoms. The van der Waals surface area contributed by atoms with Gasteiger partial charge < -0.3 is 0 Å². The molecule has 0 atom stereocenters. The lowest BCUT2D eigenvalue weighted by Gasteiger charge is -1.71. The molecule has 1 rings (SSSR count).